The minimum absolute atomic E-state index is 0.262. The van der Waals surface area contributed by atoms with Gasteiger partial charge in [0.05, 0.1) is 24.6 Å². The molecule has 1 saturated heterocycles. The molecule has 4 rings (SSSR count). The summed E-state index contributed by atoms with van der Waals surface area (Å²) in [5.74, 6) is 0.772. The van der Waals surface area contributed by atoms with E-state index in [1.165, 1.54) is 17.3 Å². The zero-order chi connectivity index (χ0) is 15.8. The molecular weight excluding hydrogens is 316 g/mol. The lowest BCUT2D eigenvalue weighted by molar-refractivity contribution is 0.181. The Balaban J connectivity index is 1.65. The number of amides is 1. The third-order valence-corrected chi connectivity index (χ3v) is 4.39. The lowest BCUT2D eigenvalue weighted by Gasteiger charge is -2.31. The number of nitrogens with zero attached hydrogens (tertiary/aromatic N) is 4. The molecule has 1 amide bonds. The molecule has 118 valence electrons. The standard InChI is InChI=1S/C16H15ClN4O2/c17-14-8-18-9-15(19-14)20-5-4-12-11(10-20)2-1-3-13(12)21-6-7-23-16(21)22/h1-3,8-9H,4-7,10H2. The number of aromatic nitrogens is 2. The van der Waals surface area contributed by atoms with Gasteiger partial charge >= 0.3 is 6.09 Å². The Morgan fingerprint density at radius 1 is 1.22 bits per heavy atom. The van der Waals surface area contributed by atoms with Crippen LogP contribution in [0.15, 0.2) is 30.6 Å². The van der Waals surface area contributed by atoms with Crippen molar-refractivity contribution >= 4 is 29.2 Å². The average Bonchev–Trinajstić information content (AvgIpc) is 2.99. The molecule has 0 atom stereocenters. The number of hydrogen-bond acceptors (Lipinski definition) is 5. The number of fused-ring (bicyclic) bond motifs is 1. The van der Waals surface area contributed by atoms with Crippen LogP contribution >= 0.6 is 11.6 Å². The van der Waals surface area contributed by atoms with Gasteiger partial charge in [-0.25, -0.2) is 9.78 Å². The van der Waals surface area contributed by atoms with Gasteiger partial charge in [-0.3, -0.25) is 9.88 Å². The van der Waals surface area contributed by atoms with E-state index in [9.17, 15) is 4.79 Å². The van der Waals surface area contributed by atoms with Crippen molar-refractivity contribution in [3.8, 4) is 0 Å². The van der Waals surface area contributed by atoms with E-state index in [4.69, 9.17) is 16.3 Å². The largest absolute Gasteiger partial charge is 0.447 e. The quantitative estimate of drug-likeness (QED) is 0.847. The van der Waals surface area contributed by atoms with E-state index in [1.807, 2.05) is 12.1 Å². The van der Waals surface area contributed by atoms with Crippen molar-refractivity contribution in [1.82, 2.24) is 9.97 Å². The van der Waals surface area contributed by atoms with Gasteiger partial charge in [0, 0.05) is 13.1 Å². The Hall–Kier alpha value is -2.34. The highest BCUT2D eigenvalue weighted by molar-refractivity contribution is 6.29. The molecule has 0 radical (unpaired) electrons. The Bertz CT molecular complexity index is 767. The van der Waals surface area contributed by atoms with Crippen molar-refractivity contribution in [2.45, 2.75) is 13.0 Å². The summed E-state index contributed by atoms with van der Waals surface area (Å²) in [6.45, 7) is 2.59. The molecule has 7 heteroatoms. The molecule has 1 aromatic carbocycles. The minimum Gasteiger partial charge on any atom is -0.447 e. The molecule has 2 aliphatic rings. The Morgan fingerprint density at radius 3 is 2.91 bits per heavy atom. The van der Waals surface area contributed by atoms with Crippen molar-refractivity contribution in [3.05, 3.63) is 46.9 Å². The lowest BCUT2D eigenvalue weighted by Crippen LogP contribution is -2.33. The van der Waals surface area contributed by atoms with E-state index < -0.39 is 0 Å². The van der Waals surface area contributed by atoms with Crippen molar-refractivity contribution in [3.63, 3.8) is 0 Å². The van der Waals surface area contributed by atoms with E-state index in [-0.39, 0.29) is 6.09 Å². The number of carbonyl (C=O) groups is 1. The van der Waals surface area contributed by atoms with Gasteiger partial charge in [0.2, 0.25) is 0 Å². The highest BCUT2D eigenvalue weighted by Crippen LogP contribution is 2.32. The van der Waals surface area contributed by atoms with Crippen molar-refractivity contribution in [2.75, 3.05) is 29.5 Å². The summed E-state index contributed by atoms with van der Waals surface area (Å²) in [4.78, 5) is 24.1. The van der Waals surface area contributed by atoms with Crippen LogP contribution in [0, 0.1) is 0 Å². The molecule has 3 heterocycles. The van der Waals surface area contributed by atoms with E-state index in [2.05, 4.69) is 20.9 Å². The summed E-state index contributed by atoms with van der Waals surface area (Å²) in [5.41, 5.74) is 3.36. The molecule has 23 heavy (non-hydrogen) atoms. The minimum atomic E-state index is -0.262. The van der Waals surface area contributed by atoms with Gasteiger partial charge in [-0.05, 0) is 23.6 Å². The third-order valence-electron chi connectivity index (χ3n) is 4.21. The second-order valence-electron chi connectivity index (χ2n) is 5.55. The van der Waals surface area contributed by atoms with Crippen molar-refractivity contribution < 1.29 is 9.53 Å². The normalized spacial score (nSPS) is 17.2. The number of rotatable bonds is 2. The second kappa shape index (κ2) is 5.70. The van der Waals surface area contributed by atoms with Crippen LogP contribution in [0.1, 0.15) is 11.1 Å². The number of cyclic esters (lactones) is 1. The van der Waals surface area contributed by atoms with Gasteiger partial charge in [0.1, 0.15) is 17.6 Å². The maximum Gasteiger partial charge on any atom is 0.414 e. The predicted molar refractivity (Wildman–Crippen MR) is 86.9 cm³/mol. The summed E-state index contributed by atoms with van der Waals surface area (Å²) >= 11 is 5.93. The highest BCUT2D eigenvalue weighted by Gasteiger charge is 2.28. The van der Waals surface area contributed by atoms with Crippen molar-refractivity contribution in [1.29, 1.82) is 0 Å². The Morgan fingerprint density at radius 2 is 2.13 bits per heavy atom. The maximum atomic E-state index is 11.8. The van der Waals surface area contributed by atoms with E-state index >= 15 is 0 Å². The maximum absolute atomic E-state index is 11.8. The fraction of sp³-hybridized carbons (Fsp3) is 0.312. The van der Waals surface area contributed by atoms with E-state index in [0.29, 0.717) is 18.3 Å². The number of halogens is 1. The highest BCUT2D eigenvalue weighted by atomic mass is 35.5. The smallest absolute Gasteiger partial charge is 0.414 e. The van der Waals surface area contributed by atoms with Gasteiger partial charge in [-0.2, -0.15) is 0 Å². The predicted octanol–water partition coefficient (Wildman–Crippen LogP) is 2.65. The number of ether oxygens (including phenoxy) is 1. The molecule has 2 aliphatic heterocycles. The molecule has 0 aliphatic carbocycles. The molecule has 6 nitrogen and oxygen atoms in total. The van der Waals surface area contributed by atoms with Gasteiger partial charge in [-0.15, -0.1) is 0 Å². The number of anilines is 2. The van der Waals surface area contributed by atoms with Crippen LogP contribution in [0.2, 0.25) is 5.15 Å². The summed E-state index contributed by atoms with van der Waals surface area (Å²) in [6.07, 6.45) is 3.82. The topological polar surface area (TPSA) is 58.6 Å². The summed E-state index contributed by atoms with van der Waals surface area (Å²) in [5, 5.41) is 0.391. The zero-order valence-corrected chi connectivity index (χ0v) is 13.2. The van der Waals surface area contributed by atoms with Crippen LogP contribution in [-0.2, 0) is 17.7 Å². The van der Waals surface area contributed by atoms with Crippen LogP contribution in [0.3, 0.4) is 0 Å². The summed E-state index contributed by atoms with van der Waals surface area (Å²) in [6, 6.07) is 6.05. The van der Waals surface area contributed by atoms with Crippen LogP contribution in [0.4, 0.5) is 16.3 Å². The molecule has 0 N–H and O–H groups in total. The van der Waals surface area contributed by atoms with Gasteiger partial charge in [0.25, 0.3) is 0 Å². The lowest BCUT2D eigenvalue weighted by atomic mass is 9.97. The van der Waals surface area contributed by atoms with E-state index in [0.717, 1.165) is 31.0 Å². The fourth-order valence-corrected chi connectivity index (χ4v) is 3.28. The SMILES string of the molecule is O=C1OCCN1c1cccc2c1CCN(c1cncc(Cl)n1)C2. The Kier molecular flexibility index (Phi) is 3.53. The molecule has 0 saturated carbocycles. The van der Waals surface area contributed by atoms with Crippen LogP contribution in [-0.4, -0.2) is 35.8 Å². The molecule has 0 bridgehead atoms. The first kappa shape index (κ1) is 14.3. The zero-order valence-electron chi connectivity index (χ0n) is 12.4. The first-order chi connectivity index (χ1) is 11.2. The monoisotopic (exact) mass is 330 g/mol. The van der Waals surface area contributed by atoms with Crippen LogP contribution in [0.25, 0.3) is 0 Å². The first-order valence-corrected chi connectivity index (χ1v) is 7.88. The second-order valence-corrected chi connectivity index (χ2v) is 5.94. The molecule has 0 unspecified atom stereocenters. The molecule has 2 aromatic rings. The fourth-order valence-electron chi connectivity index (χ4n) is 3.13. The van der Waals surface area contributed by atoms with Crippen molar-refractivity contribution in [2.24, 2.45) is 0 Å². The molecule has 1 aromatic heterocycles. The number of hydrogen-bond donors (Lipinski definition) is 0. The van der Waals surface area contributed by atoms with Crippen LogP contribution in [0.5, 0.6) is 0 Å². The van der Waals surface area contributed by atoms with Crippen LogP contribution < -0.4 is 9.80 Å². The van der Waals surface area contributed by atoms with Gasteiger partial charge in [-0.1, -0.05) is 23.7 Å². The van der Waals surface area contributed by atoms with Gasteiger partial charge in [0.15, 0.2) is 0 Å². The first-order valence-electron chi connectivity index (χ1n) is 7.50. The molecule has 1 fully saturated rings. The van der Waals surface area contributed by atoms with E-state index in [1.54, 1.807) is 11.1 Å². The Labute approximate surface area is 138 Å². The summed E-state index contributed by atoms with van der Waals surface area (Å²) in [7, 11) is 0. The number of benzene rings is 1. The molecular formula is C16H15ClN4O2. The molecule has 0 spiro atoms. The summed E-state index contributed by atoms with van der Waals surface area (Å²) < 4.78 is 5.06. The van der Waals surface area contributed by atoms with Gasteiger partial charge < -0.3 is 9.64 Å². The average molecular weight is 331 g/mol. The third kappa shape index (κ3) is 2.59. The number of carbonyl (C=O) groups excluding carboxylic acids is 1.